The van der Waals surface area contributed by atoms with Crippen LogP contribution in [0.4, 0.5) is 0 Å². The van der Waals surface area contributed by atoms with Crippen molar-refractivity contribution in [1.82, 2.24) is 0 Å². The van der Waals surface area contributed by atoms with E-state index in [0.717, 1.165) is 6.42 Å². The molecule has 1 heteroatoms. The first-order valence-corrected chi connectivity index (χ1v) is 3.60. The first-order chi connectivity index (χ1) is 4.20. The van der Waals surface area contributed by atoms with Crippen LogP contribution in [0.3, 0.4) is 0 Å². The molecule has 2 atom stereocenters. The number of hydrogen-bond donors (Lipinski definition) is 0. The lowest BCUT2D eigenvalue weighted by molar-refractivity contribution is 0.460. The zero-order chi connectivity index (χ0) is 7.28. The fraction of sp³-hybridized carbons (Fsp3) is 0.875. The summed E-state index contributed by atoms with van der Waals surface area (Å²) in [6.45, 7) is 6.33. The van der Waals surface area contributed by atoms with Crippen molar-refractivity contribution in [1.29, 1.82) is 5.26 Å². The molecular formula is C8H15N. The Bertz CT molecular complexity index is 102. The van der Waals surface area contributed by atoms with Crippen LogP contribution in [0.5, 0.6) is 0 Å². The summed E-state index contributed by atoms with van der Waals surface area (Å²) in [5.74, 6) is 0.944. The van der Waals surface area contributed by atoms with E-state index >= 15 is 0 Å². The molecule has 0 aromatic rings. The Hall–Kier alpha value is -0.510. The van der Waals surface area contributed by atoms with Crippen LogP contribution in [-0.4, -0.2) is 0 Å². The van der Waals surface area contributed by atoms with Crippen molar-refractivity contribution in [2.45, 2.75) is 33.6 Å². The molecule has 0 saturated carbocycles. The Morgan fingerprint density at radius 2 is 2.00 bits per heavy atom. The van der Waals surface area contributed by atoms with Crippen LogP contribution in [0.2, 0.25) is 0 Å². The van der Waals surface area contributed by atoms with Crippen LogP contribution in [0.15, 0.2) is 0 Å². The van der Waals surface area contributed by atoms with Crippen LogP contribution in [0.25, 0.3) is 0 Å². The molecule has 0 rings (SSSR count). The standard InChI is InChI=1S/C8H15N/c1-4-7(2)5-8(3)6-9/h7-8H,4-5H2,1-3H3. The average Bonchev–Trinajstić information content (AvgIpc) is 1.87. The van der Waals surface area contributed by atoms with Crippen molar-refractivity contribution in [2.24, 2.45) is 11.8 Å². The third-order valence-electron chi connectivity index (χ3n) is 1.67. The molecule has 2 unspecified atom stereocenters. The molecule has 0 spiro atoms. The Morgan fingerprint density at radius 1 is 1.44 bits per heavy atom. The van der Waals surface area contributed by atoms with Gasteiger partial charge in [-0.1, -0.05) is 20.3 Å². The number of hydrogen-bond acceptors (Lipinski definition) is 1. The van der Waals surface area contributed by atoms with E-state index in [1.807, 2.05) is 6.92 Å². The average molecular weight is 125 g/mol. The van der Waals surface area contributed by atoms with E-state index in [-0.39, 0.29) is 5.92 Å². The van der Waals surface area contributed by atoms with Gasteiger partial charge in [0, 0.05) is 5.92 Å². The van der Waals surface area contributed by atoms with Gasteiger partial charge in [0.05, 0.1) is 6.07 Å². The predicted molar refractivity (Wildman–Crippen MR) is 38.8 cm³/mol. The summed E-state index contributed by atoms with van der Waals surface area (Å²) in [6.07, 6.45) is 2.24. The molecule has 0 fully saturated rings. The zero-order valence-electron chi connectivity index (χ0n) is 6.52. The highest BCUT2D eigenvalue weighted by molar-refractivity contribution is 4.79. The summed E-state index contributed by atoms with van der Waals surface area (Å²) < 4.78 is 0. The van der Waals surface area contributed by atoms with Crippen molar-refractivity contribution in [3.8, 4) is 6.07 Å². The molecule has 0 N–H and O–H groups in total. The third-order valence-corrected chi connectivity index (χ3v) is 1.67. The van der Waals surface area contributed by atoms with E-state index in [0.29, 0.717) is 5.92 Å². The Morgan fingerprint density at radius 3 is 2.33 bits per heavy atom. The van der Waals surface area contributed by atoms with Crippen molar-refractivity contribution in [2.75, 3.05) is 0 Å². The highest BCUT2D eigenvalue weighted by Gasteiger charge is 2.04. The molecule has 52 valence electrons. The molecule has 0 bridgehead atoms. The molecule has 0 heterocycles. The highest BCUT2D eigenvalue weighted by atomic mass is 14.3. The Balaban J connectivity index is 3.37. The van der Waals surface area contributed by atoms with Crippen molar-refractivity contribution in [3.05, 3.63) is 0 Å². The van der Waals surface area contributed by atoms with E-state index in [1.165, 1.54) is 6.42 Å². The van der Waals surface area contributed by atoms with Gasteiger partial charge in [-0.25, -0.2) is 0 Å². The van der Waals surface area contributed by atoms with Gasteiger partial charge in [-0.15, -0.1) is 0 Å². The van der Waals surface area contributed by atoms with Crippen molar-refractivity contribution >= 4 is 0 Å². The maximum absolute atomic E-state index is 8.43. The van der Waals surface area contributed by atoms with E-state index < -0.39 is 0 Å². The molecule has 0 aromatic carbocycles. The van der Waals surface area contributed by atoms with Crippen LogP contribution in [-0.2, 0) is 0 Å². The molecule has 0 saturated heterocycles. The van der Waals surface area contributed by atoms with Crippen LogP contribution in [0.1, 0.15) is 33.6 Å². The summed E-state index contributed by atoms with van der Waals surface area (Å²) >= 11 is 0. The van der Waals surface area contributed by atoms with Gasteiger partial charge in [-0.05, 0) is 19.3 Å². The maximum atomic E-state index is 8.43. The van der Waals surface area contributed by atoms with Gasteiger partial charge >= 0.3 is 0 Å². The second-order valence-corrected chi connectivity index (χ2v) is 2.78. The first-order valence-electron chi connectivity index (χ1n) is 3.60. The van der Waals surface area contributed by atoms with Gasteiger partial charge in [0.25, 0.3) is 0 Å². The van der Waals surface area contributed by atoms with E-state index in [1.54, 1.807) is 0 Å². The predicted octanol–water partition coefficient (Wildman–Crippen LogP) is 2.58. The zero-order valence-corrected chi connectivity index (χ0v) is 6.52. The summed E-state index contributed by atoms with van der Waals surface area (Å²) in [6, 6.07) is 2.23. The largest absolute Gasteiger partial charge is 0.198 e. The summed E-state index contributed by atoms with van der Waals surface area (Å²) in [5, 5.41) is 8.43. The van der Waals surface area contributed by atoms with Gasteiger partial charge in [0.2, 0.25) is 0 Å². The molecule has 0 amide bonds. The second kappa shape index (κ2) is 4.38. The summed E-state index contributed by atoms with van der Waals surface area (Å²) in [7, 11) is 0. The normalized spacial score (nSPS) is 16.2. The van der Waals surface area contributed by atoms with Gasteiger partial charge in [-0.2, -0.15) is 5.26 Å². The lowest BCUT2D eigenvalue weighted by Crippen LogP contribution is -1.98. The van der Waals surface area contributed by atoms with E-state index in [2.05, 4.69) is 19.9 Å². The summed E-state index contributed by atoms with van der Waals surface area (Å²) in [4.78, 5) is 0. The van der Waals surface area contributed by atoms with Gasteiger partial charge in [0.1, 0.15) is 0 Å². The smallest absolute Gasteiger partial charge is 0.0652 e. The highest BCUT2D eigenvalue weighted by Crippen LogP contribution is 2.12. The second-order valence-electron chi connectivity index (χ2n) is 2.78. The Kier molecular flexibility index (Phi) is 4.13. The number of nitriles is 1. The van der Waals surface area contributed by atoms with Crippen LogP contribution < -0.4 is 0 Å². The van der Waals surface area contributed by atoms with E-state index in [9.17, 15) is 0 Å². The monoisotopic (exact) mass is 125 g/mol. The van der Waals surface area contributed by atoms with Crippen LogP contribution in [0, 0.1) is 23.2 Å². The van der Waals surface area contributed by atoms with Gasteiger partial charge in [-0.3, -0.25) is 0 Å². The minimum Gasteiger partial charge on any atom is -0.198 e. The molecule has 0 aliphatic carbocycles. The Labute approximate surface area is 57.7 Å². The number of nitrogens with zero attached hydrogens (tertiary/aromatic N) is 1. The molecule has 0 aliphatic rings. The first kappa shape index (κ1) is 8.49. The molecular weight excluding hydrogens is 110 g/mol. The van der Waals surface area contributed by atoms with Crippen LogP contribution >= 0.6 is 0 Å². The quantitative estimate of drug-likeness (QED) is 0.568. The minimum absolute atomic E-state index is 0.236. The molecule has 9 heavy (non-hydrogen) atoms. The van der Waals surface area contributed by atoms with Gasteiger partial charge < -0.3 is 0 Å². The van der Waals surface area contributed by atoms with Gasteiger partial charge in [0.15, 0.2) is 0 Å². The third kappa shape index (κ3) is 4.02. The fourth-order valence-electron chi connectivity index (χ4n) is 0.823. The summed E-state index contributed by atoms with van der Waals surface area (Å²) in [5.41, 5.74) is 0. The molecule has 0 aromatic heterocycles. The lowest BCUT2D eigenvalue weighted by Gasteiger charge is -2.07. The number of rotatable bonds is 3. The lowest BCUT2D eigenvalue weighted by atomic mass is 9.97. The minimum atomic E-state index is 0.236. The van der Waals surface area contributed by atoms with Crippen molar-refractivity contribution < 1.29 is 0 Å². The van der Waals surface area contributed by atoms with Crippen molar-refractivity contribution in [3.63, 3.8) is 0 Å². The topological polar surface area (TPSA) is 23.8 Å². The maximum Gasteiger partial charge on any atom is 0.0652 e. The SMILES string of the molecule is CCC(C)CC(C)C#N. The fourth-order valence-corrected chi connectivity index (χ4v) is 0.823. The molecule has 0 radical (unpaired) electrons. The van der Waals surface area contributed by atoms with E-state index in [4.69, 9.17) is 5.26 Å². The molecule has 0 aliphatic heterocycles. The molecule has 1 nitrogen and oxygen atoms in total.